The molecule has 0 fully saturated rings. The highest BCUT2D eigenvalue weighted by molar-refractivity contribution is 5.91. The molecule has 94 valence electrons. The molecule has 0 heterocycles. The first-order valence-electron chi connectivity index (χ1n) is 5.40. The van der Waals surface area contributed by atoms with Gasteiger partial charge in [0.2, 0.25) is 5.91 Å². The van der Waals surface area contributed by atoms with Gasteiger partial charge in [0.25, 0.3) is 0 Å². The summed E-state index contributed by atoms with van der Waals surface area (Å²) in [7, 11) is 0. The predicted octanol–water partition coefficient (Wildman–Crippen LogP) is 0.0409. The average Bonchev–Trinajstić information content (AvgIpc) is 2.42. The van der Waals surface area contributed by atoms with Crippen molar-refractivity contribution in [3.8, 4) is 6.07 Å². The van der Waals surface area contributed by atoms with Gasteiger partial charge in [-0.2, -0.15) is 5.26 Å². The van der Waals surface area contributed by atoms with Crippen LogP contribution < -0.4 is 5.32 Å². The minimum Gasteiger partial charge on any atom is -0.394 e. The fourth-order valence-corrected chi connectivity index (χ4v) is 1.23. The van der Waals surface area contributed by atoms with E-state index >= 15 is 0 Å². The lowest BCUT2D eigenvalue weighted by Crippen LogP contribution is -2.32. The quantitative estimate of drug-likeness (QED) is 0.639. The van der Waals surface area contributed by atoms with E-state index < -0.39 is 12.7 Å². The van der Waals surface area contributed by atoms with Crippen molar-refractivity contribution >= 4 is 12.0 Å². The maximum absolute atomic E-state index is 11.3. The lowest BCUT2D eigenvalue weighted by molar-refractivity contribution is -0.117. The van der Waals surface area contributed by atoms with E-state index in [9.17, 15) is 4.79 Å². The minimum absolute atomic E-state index is 0.00207. The molecule has 1 rings (SSSR count). The summed E-state index contributed by atoms with van der Waals surface area (Å²) in [6, 6.07) is 8.84. The number of aliphatic hydroxyl groups excluding tert-OH is 2. The first-order valence-corrected chi connectivity index (χ1v) is 5.40. The highest BCUT2D eigenvalue weighted by atomic mass is 16.3. The van der Waals surface area contributed by atoms with Gasteiger partial charge >= 0.3 is 0 Å². The van der Waals surface area contributed by atoms with E-state index in [2.05, 4.69) is 5.32 Å². The Kier molecular flexibility index (Phi) is 5.58. The fourth-order valence-electron chi connectivity index (χ4n) is 1.23. The van der Waals surface area contributed by atoms with Gasteiger partial charge in [0.15, 0.2) is 0 Å². The van der Waals surface area contributed by atoms with Gasteiger partial charge in [-0.25, -0.2) is 0 Å². The summed E-state index contributed by atoms with van der Waals surface area (Å²) >= 11 is 0. The average molecular weight is 246 g/mol. The maximum Gasteiger partial charge on any atom is 0.244 e. The van der Waals surface area contributed by atoms with Crippen molar-refractivity contribution in [2.75, 3.05) is 13.2 Å². The van der Waals surface area contributed by atoms with E-state index in [-0.39, 0.29) is 12.5 Å². The summed E-state index contributed by atoms with van der Waals surface area (Å²) in [4.78, 5) is 11.3. The first kappa shape index (κ1) is 13.9. The Morgan fingerprint density at radius 1 is 1.56 bits per heavy atom. The number of amides is 1. The van der Waals surface area contributed by atoms with Crippen molar-refractivity contribution in [3.05, 3.63) is 41.5 Å². The first-order chi connectivity index (χ1) is 8.65. The highest BCUT2D eigenvalue weighted by Gasteiger charge is 2.02. The van der Waals surface area contributed by atoms with Crippen molar-refractivity contribution < 1.29 is 15.0 Å². The van der Waals surface area contributed by atoms with Gasteiger partial charge in [-0.05, 0) is 23.8 Å². The summed E-state index contributed by atoms with van der Waals surface area (Å²) in [5.41, 5.74) is 1.26. The Balaban J connectivity index is 2.53. The van der Waals surface area contributed by atoms with Gasteiger partial charge < -0.3 is 15.5 Å². The van der Waals surface area contributed by atoms with Crippen LogP contribution >= 0.6 is 0 Å². The van der Waals surface area contributed by atoms with Crippen LogP contribution in [0.4, 0.5) is 0 Å². The number of carbonyl (C=O) groups is 1. The molecular weight excluding hydrogens is 232 g/mol. The number of hydrogen-bond donors (Lipinski definition) is 3. The third kappa shape index (κ3) is 4.78. The van der Waals surface area contributed by atoms with Crippen LogP contribution in [0.2, 0.25) is 0 Å². The highest BCUT2D eigenvalue weighted by Crippen LogP contribution is 2.05. The summed E-state index contributed by atoms with van der Waals surface area (Å²) in [5, 5.41) is 28.7. The summed E-state index contributed by atoms with van der Waals surface area (Å²) in [6.45, 7) is -0.397. The van der Waals surface area contributed by atoms with Crippen LogP contribution in [-0.4, -0.2) is 35.4 Å². The molecule has 0 aliphatic heterocycles. The Morgan fingerprint density at radius 2 is 2.33 bits per heavy atom. The zero-order valence-corrected chi connectivity index (χ0v) is 9.71. The Labute approximate surface area is 105 Å². The van der Waals surface area contributed by atoms with E-state index in [1.807, 2.05) is 6.07 Å². The molecule has 0 saturated heterocycles. The molecule has 0 aliphatic carbocycles. The lowest BCUT2D eigenvalue weighted by atomic mass is 10.1. The van der Waals surface area contributed by atoms with Crippen molar-refractivity contribution in [3.63, 3.8) is 0 Å². The molecular formula is C13H14N2O3. The molecule has 0 bridgehead atoms. The molecule has 1 amide bonds. The molecule has 1 aromatic rings. The fraction of sp³-hybridized carbons (Fsp3) is 0.231. The number of nitriles is 1. The van der Waals surface area contributed by atoms with Crippen molar-refractivity contribution in [1.82, 2.24) is 5.32 Å². The van der Waals surface area contributed by atoms with Crippen LogP contribution in [0.15, 0.2) is 30.3 Å². The topological polar surface area (TPSA) is 93.4 Å². The SMILES string of the molecule is N#Cc1cccc(C=CC(=O)NCC(O)CO)c1. The molecule has 1 aromatic carbocycles. The van der Waals surface area contributed by atoms with Crippen LogP contribution in [0.1, 0.15) is 11.1 Å². The van der Waals surface area contributed by atoms with Crippen molar-refractivity contribution in [2.45, 2.75) is 6.10 Å². The van der Waals surface area contributed by atoms with Crippen molar-refractivity contribution in [1.29, 1.82) is 5.26 Å². The molecule has 1 atom stereocenters. The molecule has 0 aromatic heterocycles. The van der Waals surface area contributed by atoms with Crippen LogP contribution in [0.3, 0.4) is 0 Å². The molecule has 5 nitrogen and oxygen atoms in total. The number of carbonyl (C=O) groups excluding carboxylic acids is 1. The smallest absolute Gasteiger partial charge is 0.244 e. The molecule has 0 aliphatic rings. The predicted molar refractivity (Wildman–Crippen MR) is 66.3 cm³/mol. The van der Waals surface area contributed by atoms with E-state index in [0.717, 1.165) is 5.56 Å². The Morgan fingerprint density at radius 3 is 3.00 bits per heavy atom. The van der Waals surface area contributed by atoms with Gasteiger partial charge in [-0.15, -0.1) is 0 Å². The molecule has 5 heteroatoms. The normalized spacial score (nSPS) is 12.1. The molecule has 18 heavy (non-hydrogen) atoms. The van der Waals surface area contributed by atoms with E-state index in [1.54, 1.807) is 30.3 Å². The summed E-state index contributed by atoms with van der Waals surface area (Å²) in [5.74, 6) is -0.370. The van der Waals surface area contributed by atoms with Crippen LogP contribution in [-0.2, 0) is 4.79 Å². The Bertz CT molecular complexity index is 477. The van der Waals surface area contributed by atoms with Crippen LogP contribution in [0, 0.1) is 11.3 Å². The third-order valence-electron chi connectivity index (χ3n) is 2.17. The number of rotatable bonds is 5. The minimum atomic E-state index is -0.954. The van der Waals surface area contributed by atoms with E-state index in [4.69, 9.17) is 15.5 Å². The number of benzene rings is 1. The number of nitrogens with one attached hydrogen (secondary N) is 1. The number of hydrogen-bond acceptors (Lipinski definition) is 4. The number of nitrogens with zero attached hydrogens (tertiary/aromatic N) is 1. The molecule has 0 radical (unpaired) electrons. The van der Waals surface area contributed by atoms with Crippen molar-refractivity contribution in [2.24, 2.45) is 0 Å². The third-order valence-corrected chi connectivity index (χ3v) is 2.17. The molecule has 3 N–H and O–H groups in total. The Hall–Kier alpha value is -2.16. The van der Waals surface area contributed by atoms with Gasteiger partial charge in [0.05, 0.1) is 24.3 Å². The lowest BCUT2D eigenvalue weighted by Gasteiger charge is -2.06. The monoisotopic (exact) mass is 246 g/mol. The zero-order chi connectivity index (χ0) is 13.4. The van der Waals surface area contributed by atoms with Crippen LogP contribution in [0.25, 0.3) is 6.08 Å². The molecule has 1 unspecified atom stereocenters. The summed E-state index contributed by atoms with van der Waals surface area (Å²) < 4.78 is 0. The van der Waals surface area contributed by atoms with Gasteiger partial charge in [-0.3, -0.25) is 4.79 Å². The molecule has 0 saturated carbocycles. The van der Waals surface area contributed by atoms with Gasteiger partial charge in [0, 0.05) is 12.6 Å². The number of aliphatic hydroxyl groups is 2. The maximum atomic E-state index is 11.3. The zero-order valence-electron chi connectivity index (χ0n) is 9.71. The van der Waals surface area contributed by atoms with E-state index in [0.29, 0.717) is 5.56 Å². The van der Waals surface area contributed by atoms with Crippen LogP contribution in [0.5, 0.6) is 0 Å². The molecule has 0 spiro atoms. The van der Waals surface area contributed by atoms with Gasteiger partial charge in [0.1, 0.15) is 0 Å². The second-order valence-electron chi connectivity index (χ2n) is 3.65. The standard InChI is InChI=1S/C13H14N2O3/c14-7-11-3-1-2-10(6-11)4-5-13(18)15-8-12(17)9-16/h1-6,12,16-17H,8-9H2,(H,15,18). The summed E-state index contributed by atoms with van der Waals surface area (Å²) in [6.07, 6.45) is 1.92. The largest absolute Gasteiger partial charge is 0.394 e. The van der Waals surface area contributed by atoms with E-state index in [1.165, 1.54) is 6.08 Å². The second-order valence-corrected chi connectivity index (χ2v) is 3.65. The second kappa shape index (κ2) is 7.22. The van der Waals surface area contributed by atoms with Gasteiger partial charge in [-0.1, -0.05) is 12.1 Å².